The van der Waals surface area contributed by atoms with Crippen molar-refractivity contribution >= 4 is 45.2 Å². The van der Waals surface area contributed by atoms with Gasteiger partial charge in [0.15, 0.2) is 0 Å². The Morgan fingerprint density at radius 2 is 1.86 bits per heavy atom. The topological polar surface area (TPSA) is 101 Å². The highest BCUT2D eigenvalue weighted by Gasteiger charge is 2.20. The highest BCUT2D eigenvalue weighted by atomic mass is 35.5. The van der Waals surface area contributed by atoms with Crippen LogP contribution in [0.2, 0.25) is 10.2 Å². The fourth-order valence-electron chi connectivity index (χ4n) is 1.55. The summed E-state index contributed by atoms with van der Waals surface area (Å²) in [5, 5.41) is 2.31. The molecule has 0 aliphatic heterocycles. The molecule has 0 aliphatic carbocycles. The van der Waals surface area contributed by atoms with Gasteiger partial charge in [-0.1, -0.05) is 35.3 Å². The molecule has 0 atom stereocenters. The average Bonchev–Trinajstić information content (AvgIpc) is 2.36. The van der Waals surface area contributed by atoms with Crippen molar-refractivity contribution in [2.75, 3.05) is 5.32 Å². The van der Waals surface area contributed by atoms with E-state index in [2.05, 4.69) is 15.3 Å². The maximum Gasteiger partial charge on any atom is 0.335 e. The number of aryl methyl sites for hydroxylation is 1. The summed E-state index contributed by atoms with van der Waals surface area (Å²) in [7, 11) is -4.11. The maximum atomic E-state index is 12.1. The first kappa shape index (κ1) is 16.5. The Balaban J connectivity index is 2.16. The number of nitrogens with zero attached hydrogens (tertiary/aromatic N) is 2. The van der Waals surface area contributed by atoms with E-state index < -0.39 is 16.1 Å². The van der Waals surface area contributed by atoms with Crippen molar-refractivity contribution in [1.29, 1.82) is 0 Å². The number of nitrogens with one attached hydrogen (secondary N) is 2. The summed E-state index contributed by atoms with van der Waals surface area (Å²) >= 11 is 11.5. The normalized spacial score (nSPS) is 11.0. The Morgan fingerprint density at radius 1 is 1.18 bits per heavy atom. The highest BCUT2D eigenvalue weighted by molar-refractivity contribution is 7.90. The molecule has 10 heteroatoms. The van der Waals surface area contributed by atoms with Gasteiger partial charge >= 0.3 is 6.03 Å². The molecule has 1 aromatic heterocycles. The molecule has 2 amide bonds. The van der Waals surface area contributed by atoms with E-state index in [1.807, 2.05) is 4.72 Å². The molecule has 0 fully saturated rings. The van der Waals surface area contributed by atoms with Crippen molar-refractivity contribution in [3.05, 3.63) is 46.2 Å². The number of amides is 2. The monoisotopic (exact) mass is 360 g/mol. The van der Waals surface area contributed by atoms with E-state index in [1.54, 1.807) is 13.0 Å². The van der Waals surface area contributed by atoms with E-state index in [4.69, 9.17) is 23.2 Å². The van der Waals surface area contributed by atoms with Crippen LogP contribution in [0.4, 0.5) is 10.7 Å². The van der Waals surface area contributed by atoms with E-state index in [9.17, 15) is 13.2 Å². The predicted octanol–water partition coefficient (Wildman–Crippen LogP) is 2.60. The van der Waals surface area contributed by atoms with E-state index in [0.717, 1.165) is 0 Å². The number of sulfonamides is 1. The third kappa shape index (κ3) is 4.06. The lowest BCUT2D eigenvalue weighted by Gasteiger charge is -2.09. The Hall–Kier alpha value is -1.90. The Morgan fingerprint density at radius 3 is 2.50 bits per heavy atom. The van der Waals surface area contributed by atoms with Crippen LogP contribution in [0.5, 0.6) is 0 Å². The van der Waals surface area contributed by atoms with Crippen LogP contribution in [-0.4, -0.2) is 24.4 Å². The minimum atomic E-state index is -4.11. The largest absolute Gasteiger partial charge is 0.335 e. The van der Waals surface area contributed by atoms with Gasteiger partial charge < -0.3 is 0 Å². The van der Waals surface area contributed by atoms with Gasteiger partial charge in [-0.2, -0.15) is 0 Å². The first-order valence-corrected chi connectivity index (χ1v) is 8.11. The first-order valence-electron chi connectivity index (χ1n) is 5.87. The molecule has 0 spiro atoms. The molecule has 0 aliphatic rings. The fourth-order valence-corrected chi connectivity index (χ4v) is 3.22. The molecule has 0 saturated heterocycles. The molecule has 1 aromatic carbocycles. The molecular formula is C12H10Cl2N4O3S. The predicted molar refractivity (Wildman–Crippen MR) is 82.6 cm³/mol. The number of hydrogen-bond acceptors (Lipinski definition) is 5. The van der Waals surface area contributed by atoms with Crippen molar-refractivity contribution in [1.82, 2.24) is 14.7 Å². The molecule has 7 nitrogen and oxygen atoms in total. The van der Waals surface area contributed by atoms with Gasteiger partial charge in [0.25, 0.3) is 10.0 Å². The van der Waals surface area contributed by atoms with Crippen molar-refractivity contribution in [2.45, 2.75) is 11.8 Å². The molecule has 2 rings (SSSR count). The quantitative estimate of drug-likeness (QED) is 0.819. The maximum absolute atomic E-state index is 12.1. The molecule has 22 heavy (non-hydrogen) atoms. The summed E-state index contributed by atoms with van der Waals surface area (Å²) in [5.74, 6) is -0.114. The van der Waals surface area contributed by atoms with E-state index in [1.165, 1.54) is 24.3 Å². The molecule has 0 unspecified atom stereocenters. The summed E-state index contributed by atoms with van der Waals surface area (Å²) in [5.41, 5.74) is 0.518. The number of aromatic nitrogens is 2. The summed E-state index contributed by atoms with van der Waals surface area (Å²) < 4.78 is 25.9. The smallest absolute Gasteiger partial charge is 0.275 e. The van der Waals surface area contributed by atoms with Crippen LogP contribution < -0.4 is 10.0 Å². The minimum Gasteiger partial charge on any atom is -0.275 e. The molecule has 1 heterocycles. The van der Waals surface area contributed by atoms with E-state index in [0.29, 0.717) is 5.69 Å². The van der Waals surface area contributed by atoms with Crippen molar-refractivity contribution < 1.29 is 13.2 Å². The second kappa shape index (κ2) is 6.47. The number of carbonyl (C=O) groups excluding carboxylic acids is 1. The zero-order chi connectivity index (χ0) is 16.3. The van der Waals surface area contributed by atoms with Crippen molar-refractivity contribution in [3.63, 3.8) is 0 Å². The number of rotatable bonds is 3. The first-order chi connectivity index (χ1) is 10.3. The van der Waals surface area contributed by atoms with Crippen LogP contribution >= 0.6 is 23.2 Å². The summed E-state index contributed by atoms with van der Waals surface area (Å²) in [6.07, 6.45) is 0. The third-order valence-corrected chi connectivity index (χ3v) is 4.43. The average molecular weight is 361 g/mol. The van der Waals surface area contributed by atoms with Gasteiger partial charge in [0, 0.05) is 5.69 Å². The van der Waals surface area contributed by atoms with Gasteiger partial charge in [0.1, 0.15) is 10.0 Å². The van der Waals surface area contributed by atoms with Crippen LogP contribution in [0.3, 0.4) is 0 Å². The number of halogens is 2. The van der Waals surface area contributed by atoms with Gasteiger partial charge in [0.2, 0.25) is 5.95 Å². The lowest BCUT2D eigenvalue weighted by molar-refractivity contribution is 0.256. The van der Waals surface area contributed by atoms with E-state index in [-0.39, 0.29) is 21.0 Å². The molecule has 116 valence electrons. The zero-order valence-corrected chi connectivity index (χ0v) is 13.5. The summed E-state index contributed by atoms with van der Waals surface area (Å²) in [4.78, 5) is 19.2. The molecule has 0 radical (unpaired) electrons. The SMILES string of the molecule is Cc1cc(Cl)nc(NC(=O)NS(=O)(=O)c2ccccc2Cl)n1. The lowest BCUT2D eigenvalue weighted by atomic mass is 10.4. The van der Waals surface area contributed by atoms with Gasteiger partial charge in [0.05, 0.1) is 5.02 Å². The standard InChI is InChI=1S/C12H10Cl2N4O3S/c1-7-6-10(14)16-11(15-7)17-12(19)18-22(20,21)9-5-3-2-4-8(9)13/h2-6H,1H3,(H2,15,16,17,18,19). The van der Waals surface area contributed by atoms with Gasteiger partial charge in [-0.25, -0.2) is 27.9 Å². The van der Waals surface area contributed by atoms with Crippen LogP contribution in [0.1, 0.15) is 5.69 Å². The number of urea groups is 1. The summed E-state index contributed by atoms with van der Waals surface area (Å²) in [6.45, 7) is 1.65. The van der Waals surface area contributed by atoms with Gasteiger partial charge in [-0.3, -0.25) is 5.32 Å². The second-order valence-corrected chi connectivity index (χ2v) is 6.59. The lowest BCUT2D eigenvalue weighted by Crippen LogP contribution is -2.35. The molecule has 0 bridgehead atoms. The van der Waals surface area contributed by atoms with Crippen molar-refractivity contribution in [2.24, 2.45) is 0 Å². The fraction of sp³-hybridized carbons (Fsp3) is 0.0833. The van der Waals surface area contributed by atoms with Gasteiger partial charge in [-0.15, -0.1) is 0 Å². The highest BCUT2D eigenvalue weighted by Crippen LogP contribution is 2.20. The third-order valence-electron chi connectivity index (χ3n) is 2.40. The van der Waals surface area contributed by atoms with Crippen molar-refractivity contribution in [3.8, 4) is 0 Å². The summed E-state index contributed by atoms with van der Waals surface area (Å²) in [6, 6.07) is 6.20. The molecule has 0 saturated carbocycles. The molecular weight excluding hydrogens is 351 g/mol. The van der Waals surface area contributed by atoms with E-state index >= 15 is 0 Å². The number of benzene rings is 1. The van der Waals surface area contributed by atoms with Gasteiger partial charge in [-0.05, 0) is 25.1 Å². The van der Waals surface area contributed by atoms with Crippen LogP contribution in [0, 0.1) is 6.92 Å². The molecule has 2 aromatic rings. The number of hydrogen-bond donors (Lipinski definition) is 2. The minimum absolute atomic E-state index is 0.00218. The number of anilines is 1. The Bertz CT molecular complexity index is 807. The Kier molecular flexibility index (Phi) is 4.84. The van der Waals surface area contributed by atoms with Crippen LogP contribution in [-0.2, 0) is 10.0 Å². The molecule has 2 N–H and O–H groups in total. The van der Waals surface area contributed by atoms with Crippen LogP contribution in [0.15, 0.2) is 35.2 Å². The number of carbonyl (C=O) groups is 1. The zero-order valence-electron chi connectivity index (χ0n) is 11.2. The Labute approximate surface area is 136 Å². The van der Waals surface area contributed by atoms with Crippen LogP contribution in [0.25, 0.3) is 0 Å². The second-order valence-electron chi connectivity index (χ2n) is 4.15.